The van der Waals surface area contributed by atoms with Crippen LogP contribution in [0.1, 0.15) is 51.4 Å². The quantitative estimate of drug-likeness (QED) is 0.894. The van der Waals surface area contributed by atoms with Crippen molar-refractivity contribution in [1.82, 2.24) is 9.55 Å². The van der Waals surface area contributed by atoms with E-state index in [0.717, 1.165) is 37.9 Å². The molecule has 1 N–H and O–H groups in total. The Balaban J connectivity index is 2.26. The molecule has 1 aromatic rings. The van der Waals surface area contributed by atoms with Crippen molar-refractivity contribution in [3.8, 4) is 0 Å². The van der Waals surface area contributed by atoms with Crippen LogP contribution in [0.4, 0.5) is 0 Å². The molecule has 0 spiro atoms. The van der Waals surface area contributed by atoms with E-state index in [-0.39, 0.29) is 12.0 Å². The summed E-state index contributed by atoms with van der Waals surface area (Å²) in [6.07, 6.45) is 8.45. The van der Waals surface area contributed by atoms with Gasteiger partial charge in [0, 0.05) is 24.9 Å². The van der Waals surface area contributed by atoms with Gasteiger partial charge in [0.15, 0.2) is 0 Å². The summed E-state index contributed by atoms with van der Waals surface area (Å²) in [5, 5.41) is 9.38. The first-order valence-corrected chi connectivity index (χ1v) is 6.88. The molecule has 18 heavy (non-hydrogen) atoms. The molecule has 1 saturated carbocycles. The Hall–Kier alpha value is -1.32. The number of carboxylic acids is 1. The van der Waals surface area contributed by atoms with Crippen molar-refractivity contribution in [2.75, 3.05) is 0 Å². The predicted octanol–water partition coefficient (Wildman–Crippen LogP) is 2.90. The Bertz CT molecular complexity index is 414. The predicted molar refractivity (Wildman–Crippen MR) is 69.4 cm³/mol. The fraction of sp³-hybridized carbons (Fsp3) is 0.714. The average molecular weight is 250 g/mol. The maximum absolute atomic E-state index is 11.4. The van der Waals surface area contributed by atoms with Crippen molar-refractivity contribution in [3.63, 3.8) is 0 Å². The van der Waals surface area contributed by atoms with Gasteiger partial charge in [-0.2, -0.15) is 0 Å². The lowest BCUT2D eigenvalue weighted by Gasteiger charge is -2.34. The van der Waals surface area contributed by atoms with E-state index in [4.69, 9.17) is 0 Å². The van der Waals surface area contributed by atoms with Crippen LogP contribution in [0.5, 0.6) is 0 Å². The molecule has 0 aromatic carbocycles. The number of hydrogen-bond acceptors (Lipinski definition) is 2. The van der Waals surface area contributed by atoms with Crippen LogP contribution >= 0.6 is 0 Å². The van der Waals surface area contributed by atoms with Crippen LogP contribution in [0.15, 0.2) is 12.4 Å². The molecule has 0 radical (unpaired) electrons. The molecule has 3 atom stereocenters. The zero-order valence-electron chi connectivity index (χ0n) is 11.2. The Morgan fingerprint density at radius 2 is 2.33 bits per heavy atom. The molecule has 2 rings (SSSR count). The third-order valence-corrected chi connectivity index (χ3v) is 3.98. The molecule has 1 heterocycles. The Morgan fingerprint density at radius 1 is 1.56 bits per heavy atom. The summed E-state index contributed by atoms with van der Waals surface area (Å²) in [5.41, 5.74) is 0. The van der Waals surface area contributed by atoms with E-state index < -0.39 is 5.97 Å². The Morgan fingerprint density at radius 3 is 3.00 bits per heavy atom. The molecule has 1 aliphatic carbocycles. The Kier molecular flexibility index (Phi) is 4.04. The smallest absolute Gasteiger partial charge is 0.308 e. The standard InChI is InChI=1S/C14H22N2O2/c1-3-4-13-15-7-8-16(13)12-9-10(2)5-6-11(12)14(17)18/h7-8,10-12H,3-6,9H2,1-2H3,(H,17,18). The molecule has 4 heteroatoms. The number of nitrogens with zero attached hydrogens (tertiary/aromatic N) is 2. The summed E-state index contributed by atoms with van der Waals surface area (Å²) < 4.78 is 2.11. The fourth-order valence-corrected chi connectivity index (χ4v) is 3.01. The van der Waals surface area contributed by atoms with Gasteiger partial charge in [0.1, 0.15) is 5.82 Å². The van der Waals surface area contributed by atoms with Crippen LogP contribution in [0.25, 0.3) is 0 Å². The molecule has 0 saturated heterocycles. The monoisotopic (exact) mass is 250 g/mol. The first-order valence-electron chi connectivity index (χ1n) is 6.88. The van der Waals surface area contributed by atoms with Crippen molar-refractivity contribution in [2.24, 2.45) is 11.8 Å². The van der Waals surface area contributed by atoms with E-state index in [1.165, 1.54) is 0 Å². The van der Waals surface area contributed by atoms with Crippen LogP contribution in [-0.2, 0) is 11.2 Å². The van der Waals surface area contributed by atoms with E-state index >= 15 is 0 Å². The number of carbonyl (C=O) groups is 1. The summed E-state index contributed by atoms with van der Waals surface area (Å²) >= 11 is 0. The van der Waals surface area contributed by atoms with Crippen molar-refractivity contribution in [1.29, 1.82) is 0 Å². The topological polar surface area (TPSA) is 55.1 Å². The van der Waals surface area contributed by atoms with Gasteiger partial charge in [-0.1, -0.05) is 13.8 Å². The minimum Gasteiger partial charge on any atom is -0.481 e. The average Bonchev–Trinajstić information content (AvgIpc) is 2.77. The number of hydrogen-bond donors (Lipinski definition) is 1. The lowest BCUT2D eigenvalue weighted by atomic mass is 9.79. The largest absolute Gasteiger partial charge is 0.481 e. The first-order chi connectivity index (χ1) is 8.63. The molecule has 1 aromatic heterocycles. The van der Waals surface area contributed by atoms with Gasteiger partial charge in [0.05, 0.1) is 5.92 Å². The summed E-state index contributed by atoms with van der Waals surface area (Å²) in [4.78, 5) is 15.8. The van der Waals surface area contributed by atoms with Gasteiger partial charge in [0.25, 0.3) is 0 Å². The van der Waals surface area contributed by atoms with E-state index in [2.05, 4.69) is 23.4 Å². The molecule has 100 valence electrons. The minimum absolute atomic E-state index is 0.0790. The molecule has 0 aliphatic heterocycles. The fourth-order valence-electron chi connectivity index (χ4n) is 3.01. The normalized spacial score (nSPS) is 28.2. The highest BCUT2D eigenvalue weighted by molar-refractivity contribution is 5.70. The number of rotatable bonds is 4. The van der Waals surface area contributed by atoms with E-state index in [1.807, 2.05) is 6.20 Å². The molecule has 4 nitrogen and oxygen atoms in total. The van der Waals surface area contributed by atoms with Crippen molar-refractivity contribution < 1.29 is 9.90 Å². The van der Waals surface area contributed by atoms with Gasteiger partial charge in [-0.25, -0.2) is 4.98 Å². The molecule has 3 unspecified atom stereocenters. The summed E-state index contributed by atoms with van der Waals surface area (Å²) in [7, 11) is 0. The number of imidazole rings is 1. The number of carboxylic acid groups (broad SMARTS) is 1. The summed E-state index contributed by atoms with van der Waals surface area (Å²) in [6, 6.07) is 0.0790. The highest BCUT2D eigenvalue weighted by Gasteiger charge is 2.35. The number of aryl methyl sites for hydroxylation is 1. The molecular formula is C14H22N2O2. The number of aliphatic carboxylic acids is 1. The van der Waals surface area contributed by atoms with Crippen LogP contribution in [-0.4, -0.2) is 20.6 Å². The first kappa shape index (κ1) is 13.1. The van der Waals surface area contributed by atoms with Gasteiger partial charge >= 0.3 is 5.97 Å². The highest BCUT2D eigenvalue weighted by atomic mass is 16.4. The van der Waals surface area contributed by atoms with Crippen LogP contribution in [0, 0.1) is 11.8 Å². The lowest BCUT2D eigenvalue weighted by Crippen LogP contribution is -2.32. The Labute approximate surface area is 108 Å². The zero-order valence-corrected chi connectivity index (χ0v) is 11.2. The maximum atomic E-state index is 11.4. The summed E-state index contributed by atoms with van der Waals surface area (Å²) in [5.74, 6) is 0.708. The zero-order chi connectivity index (χ0) is 13.1. The van der Waals surface area contributed by atoms with Gasteiger partial charge in [0.2, 0.25) is 0 Å². The van der Waals surface area contributed by atoms with Crippen LogP contribution in [0.3, 0.4) is 0 Å². The second-order valence-corrected chi connectivity index (χ2v) is 5.43. The molecule has 0 amide bonds. The van der Waals surface area contributed by atoms with Crippen LogP contribution < -0.4 is 0 Å². The molecule has 0 bridgehead atoms. The lowest BCUT2D eigenvalue weighted by molar-refractivity contribution is -0.144. The van der Waals surface area contributed by atoms with Crippen molar-refractivity contribution >= 4 is 5.97 Å². The van der Waals surface area contributed by atoms with Crippen molar-refractivity contribution in [3.05, 3.63) is 18.2 Å². The van der Waals surface area contributed by atoms with Gasteiger partial charge in [-0.15, -0.1) is 0 Å². The third-order valence-electron chi connectivity index (χ3n) is 3.98. The van der Waals surface area contributed by atoms with Crippen molar-refractivity contribution in [2.45, 2.75) is 52.0 Å². The highest BCUT2D eigenvalue weighted by Crippen LogP contribution is 2.37. The molecule has 1 fully saturated rings. The second-order valence-electron chi connectivity index (χ2n) is 5.43. The van der Waals surface area contributed by atoms with Gasteiger partial charge in [-0.05, 0) is 31.6 Å². The SMILES string of the molecule is CCCc1nccn1C1CC(C)CCC1C(=O)O. The van der Waals surface area contributed by atoms with E-state index in [1.54, 1.807) is 6.20 Å². The molecule has 1 aliphatic rings. The van der Waals surface area contributed by atoms with Gasteiger partial charge in [-0.3, -0.25) is 4.79 Å². The van der Waals surface area contributed by atoms with Crippen LogP contribution in [0.2, 0.25) is 0 Å². The summed E-state index contributed by atoms with van der Waals surface area (Å²) in [6.45, 7) is 4.33. The van der Waals surface area contributed by atoms with Gasteiger partial charge < -0.3 is 9.67 Å². The minimum atomic E-state index is -0.664. The van der Waals surface area contributed by atoms with E-state index in [0.29, 0.717) is 5.92 Å². The second kappa shape index (κ2) is 5.55. The maximum Gasteiger partial charge on any atom is 0.308 e. The third kappa shape index (κ3) is 2.57. The van der Waals surface area contributed by atoms with E-state index in [9.17, 15) is 9.90 Å². The number of aromatic nitrogens is 2. The molecular weight excluding hydrogens is 228 g/mol.